The minimum absolute atomic E-state index is 0.285. The summed E-state index contributed by atoms with van der Waals surface area (Å²) in [6, 6.07) is 15.1. The number of rotatable bonds is 1. The van der Waals surface area contributed by atoms with E-state index in [0.717, 1.165) is 11.4 Å². The van der Waals surface area contributed by atoms with E-state index in [4.69, 9.17) is 11.6 Å². The summed E-state index contributed by atoms with van der Waals surface area (Å²) in [6.07, 6.45) is 5.80. The number of halogens is 1. The molecule has 106 valence electrons. The van der Waals surface area contributed by atoms with Crippen molar-refractivity contribution in [2.24, 2.45) is 5.92 Å². The van der Waals surface area contributed by atoms with Crippen LogP contribution in [0.3, 0.4) is 0 Å². The van der Waals surface area contributed by atoms with E-state index < -0.39 is 0 Å². The van der Waals surface area contributed by atoms with Gasteiger partial charge in [0.1, 0.15) is 0 Å². The fraction of sp³-hybridized carbons (Fsp3) is 0.263. The molecule has 2 heteroatoms. The zero-order valence-electron chi connectivity index (χ0n) is 12.0. The molecule has 0 saturated carbocycles. The van der Waals surface area contributed by atoms with E-state index in [9.17, 15) is 0 Å². The third-order valence-electron chi connectivity index (χ3n) is 4.85. The van der Waals surface area contributed by atoms with Crippen LogP contribution in [0.2, 0.25) is 5.02 Å². The average molecular weight is 296 g/mol. The first-order valence-electron chi connectivity index (χ1n) is 7.53. The summed E-state index contributed by atoms with van der Waals surface area (Å²) < 4.78 is 0. The van der Waals surface area contributed by atoms with Gasteiger partial charge >= 0.3 is 0 Å². The Balaban J connectivity index is 1.85. The van der Waals surface area contributed by atoms with Gasteiger partial charge in [-0.05, 0) is 42.0 Å². The lowest BCUT2D eigenvalue weighted by atomic mass is 9.76. The van der Waals surface area contributed by atoms with Crippen LogP contribution in [0.5, 0.6) is 0 Å². The molecule has 0 fully saturated rings. The van der Waals surface area contributed by atoms with Crippen molar-refractivity contribution in [1.29, 1.82) is 0 Å². The second-order valence-electron chi connectivity index (χ2n) is 6.04. The standard InChI is InChI=1S/C19H18ClN/c1-12-6-4-9-14-13-8-5-10-15(13)19(21-18(12)14)16-7-2-3-11-17(16)20/h2-9,11,13,15,19,21H,10H2,1H3/t13-,15-,19-/m0/s1. The molecule has 0 radical (unpaired) electrons. The molecule has 2 aromatic carbocycles. The summed E-state index contributed by atoms with van der Waals surface area (Å²) in [7, 11) is 0. The van der Waals surface area contributed by atoms with Gasteiger partial charge in [-0.2, -0.15) is 0 Å². The van der Waals surface area contributed by atoms with Crippen LogP contribution >= 0.6 is 11.6 Å². The van der Waals surface area contributed by atoms with E-state index >= 15 is 0 Å². The number of allylic oxidation sites excluding steroid dienone is 2. The van der Waals surface area contributed by atoms with Gasteiger partial charge in [0.25, 0.3) is 0 Å². The molecule has 0 spiro atoms. The number of aryl methyl sites for hydroxylation is 1. The molecule has 2 aromatic rings. The van der Waals surface area contributed by atoms with Crippen molar-refractivity contribution >= 4 is 17.3 Å². The summed E-state index contributed by atoms with van der Waals surface area (Å²) in [5, 5.41) is 4.63. The number of fused-ring (bicyclic) bond motifs is 3. The number of para-hydroxylation sites is 1. The summed E-state index contributed by atoms with van der Waals surface area (Å²) >= 11 is 6.45. The minimum atomic E-state index is 0.285. The molecule has 0 aromatic heterocycles. The zero-order valence-corrected chi connectivity index (χ0v) is 12.8. The lowest BCUT2D eigenvalue weighted by Crippen LogP contribution is -2.29. The molecule has 0 saturated heterocycles. The first kappa shape index (κ1) is 13.0. The third-order valence-corrected chi connectivity index (χ3v) is 5.19. The molecule has 1 aliphatic carbocycles. The monoisotopic (exact) mass is 295 g/mol. The van der Waals surface area contributed by atoms with Gasteiger partial charge in [0, 0.05) is 16.6 Å². The first-order chi connectivity index (χ1) is 10.3. The van der Waals surface area contributed by atoms with Gasteiger partial charge in [0.05, 0.1) is 6.04 Å². The topological polar surface area (TPSA) is 12.0 Å². The average Bonchev–Trinajstić information content (AvgIpc) is 2.97. The summed E-state index contributed by atoms with van der Waals surface area (Å²) in [4.78, 5) is 0. The Kier molecular flexibility index (Phi) is 3.04. The zero-order chi connectivity index (χ0) is 14.4. The predicted molar refractivity (Wildman–Crippen MR) is 89.0 cm³/mol. The Morgan fingerprint density at radius 2 is 1.86 bits per heavy atom. The van der Waals surface area contributed by atoms with Crippen LogP contribution in [0.25, 0.3) is 0 Å². The third kappa shape index (κ3) is 1.99. The van der Waals surface area contributed by atoms with Crippen molar-refractivity contribution in [3.8, 4) is 0 Å². The highest BCUT2D eigenvalue weighted by Gasteiger charge is 2.38. The molecule has 0 amide bonds. The Bertz CT molecular complexity index is 719. The molecule has 3 atom stereocenters. The highest BCUT2D eigenvalue weighted by atomic mass is 35.5. The summed E-state index contributed by atoms with van der Waals surface area (Å²) in [5.41, 5.74) is 5.24. The minimum Gasteiger partial charge on any atom is -0.377 e. The fourth-order valence-electron chi connectivity index (χ4n) is 3.81. The number of anilines is 1. The van der Waals surface area contributed by atoms with Crippen molar-refractivity contribution in [2.45, 2.75) is 25.3 Å². The van der Waals surface area contributed by atoms with E-state index in [1.807, 2.05) is 12.1 Å². The van der Waals surface area contributed by atoms with E-state index in [-0.39, 0.29) is 6.04 Å². The number of hydrogen-bond donors (Lipinski definition) is 1. The predicted octanol–water partition coefficient (Wildman–Crippen LogP) is 5.47. The molecule has 0 unspecified atom stereocenters. The van der Waals surface area contributed by atoms with Gasteiger partial charge in [0.15, 0.2) is 0 Å². The van der Waals surface area contributed by atoms with Crippen LogP contribution in [0, 0.1) is 12.8 Å². The second-order valence-corrected chi connectivity index (χ2v) is 6.44. The molecule has 21 heavy (non-hydrogen) atoms. The van der Waals surface area contributed by atoms with Gasteiger partial charge in [0.2, 0.25) is 0 Å². The number of nitrogens with one attached hydrogen (secondary N) is 1. The van der Waals surface area contributed by atoms with Crippen LogP contribution in [0.15, 0.2) is 54.6 Å². The fourth-order valence-corrected chi connectivity index (χ4v) is 4.07. The highest BCUT2D eigenvalue weighted by molar-refractivity contribution is 6.31. The number of benzene rings is 2. The summed E-state index contributed by atoms with van der Waals surface area (Å²) in [6.45, 7) is 2.18. The maximum absolute atomic E-state index is 6.45. The molecule has 1 heterocycles. The van der Waals surface area contributed by atoms with Crippen LogP contribution in [0.1, 0.15) is 35.1 Å². The van der Waals surface area contributed by atoms with Crippen molar-refractivity contribution in [3.63, 3.8) is 0 Å². The van der Waals surface area contributed by atoms with Gasteiger partial charge in [-0.1, -0.05) is 60.2 Å². The van der Waals surface area contributed by atoms with Gasteiger partial charge in [-0.15, -0.1) is 0 Å². The summed E-state index contributed by atoms with van der Waals surface area (Å²) in [5.74, 6) is 1.06. The number of hydrogen-bond acceptors (Lipinski definition) is 1. The molecule has 2 aliphatic rings. The molecular weight excluding hydrogens is 278 g/mol. The van der Waals surface area contributed by atoms with Crippen molar-refractivity contribution in [3.05, 3.63) is 76.3 Å². The van der Waals surface area contributed by atoms with Gasteiger partial charge < -0.3 is 5.32 Å². The maximum atomic E-state index is 6.45. The van der Waals surface area contributed by atoms with Crippen molar-refractivity contribution in [1.82, 2.24) is 0 Å². The Hall–Kier alpha value is -1.73. The highest BCUT2D eigenvalue weighted by Crippen LogP contribution is 2.51. The lowest BCUT2D eigenvalue weighted by Gasteiger charge is -2.38. The molecule has 0 bridgehead atoms. The lowest BCUT2D eigenvalue weighted by molar-refractivity contribution is 0.425. The van der Waals surface area contributed by atoms with Gasteiger partial charge in [-0.3, -0.25) is 0 Å². The second kappa shape index (κ2) is 4.92. The quantitative estimate of drug-likeness (QED) is 0.687. The van der Waals surface area contributed by atoms with E-state index in [0.29, 0.717) is 11.8 Å². The molecule has 1 nitrogen and oxygen atoms in total. The molecular formula is C19H18ClN. The molecule has 1 aliphatic heterocycles. The maximum Gasteiger partial charge on any atom is 0.0568 e. The van der Waals surface area contributed by atoms with Crippen molar-refractivity contribution < 1.29 is 0 Å². The Morgan fingerprint density at radius 3 is 2.71 bits per heavy atom. The Labute approximate surface area is 130 Å². The van der Waals surface area contributed by atoms with Crippen LogP contribution in [0.4, 0.5) is 5.69 Å². The van der Waals surface area contributed by atoms with Crippen LogP contribution < -0.4 is 5.32 Å². The van der Waals surface area contributed by atoms with E-state index in [2.05, 4.69) is 54.7 Å². The van der Waals surface area contributed by atoms with E-state index in [1.54, 1.807) is 0 Å². The normalized spacial score (nSPS) is 26.1. The smallest absolute Gasteiger partial charge is 0.0568 e. The largest absolute Gasteiger partial charge is 0.377 e. The van der Waals surface area contributed by atoms with Gasteiger partial charge in [-0.25, -0.2) is 0 Å². The first-order valence-corrected chi connectivity index (χ1v) is 7.90. The van der Waals surface area contributed by atoms with Crippen LogP contribution in [-0.4, -0.2) is 0 Å². The van der Waals surface area contributed by atoms with Crippen LogP contribution in [-0.2, 0) is 0 Å². The SMILES string of the molecule is Cc1cccc2c1N[C@H](c1ccccc1Cl)[C@H]1CC=C[C@@H]21. The van der Waals surface area contributed by atoms with E-state index in [1.165, 1.54) is 22.4 Å². The molecule has 1 N–H and O–H groups in total. The molecule has 4 rings (SSSR count). The Morgan fingerprint density at radius 1 is 1.05 bits per heavy atom. The van der Waals surface area contributed by atoms with Crippen molar-refractivity contribution in [2.75, 3.05) is 5.32 Å².